The molecule has 4 amide bonds. The fourth-order valence-electron chi connectivity index (χ4n) is 3.39. The molecule has 0 aromatic heterocycles. The molecule has 5 N–H and O–H groups in total. The average molecular weight is 414 g/mol. The Morgan fingerprint density at radius 1 is 1.33 bits per heavy atom. The zero-order valence-corrected chi connectivity index (χ0v) is 16.4. The third kappa shape index (κ3) is 6.41. The summed E-state index contributed by atoms with van der Waals surface area (Å²) >= 11 is 10.2. The summed E-state index contributed by atoms with van der Waals surface area (Å²) in [5, 5.41) is 15.4. The Morgan fingerprint density at radius 2 is 2.07 bits per heavy atom. The van der Waals surface area contributed by atoms with Crippen molar-refractivity contribution in [3.05, 3.63) is 34.9 Å². The highest BCUT2D eigenvalue weighted by molar-refractivity contribution is 7.80. The summed E-state index contributed by atoms with van der Waals surface area (Å²) in [7, 11) is 0. The minimum Gasteiger partial charge on any atom is -0.393 e. The molecule has 1 saturated carbocycles. The third-order valence-corrected chi connectivity index (χ3v) is 5.38. The smallest absolute Gasteiger partial charge is 0.318 e. The molecular weight excluding hydrogens is 390 g/mol. The molecule has 0 aliphatic heterocycles. The molecule has 0 heterocycles. The first-order valence-corrected chi connectivity index (χ1v) is 9.75. The van der Waals surface area contributed by atoms with Crippen LogP contribution in [0.25, 0.3) is 0 Å². The van der Waals surface area contributed by atoms with E-state index in [4.69, 9.17) is 17.3 Å². The van der Waals surface area contributed by atoms with Crippen LogP contribution in [0.5, 0.6) is 0 Å². The average Bonchev–Trinajstić information content (AvgIpc) is 3.02. The van der Waals surface area contributed by atoms with Crippen LogP contribution in [-0.2, 0) is 9.59 Å². The number of carbonyl (C=O) groups is 3. The summed E-state index contributed by atoms with van der Waals surface area (Å²) < 4.78 is 0. The van der Waals surface area contributed by atoms with Crippen LogP contribution >= 0.6 is 24.2 Å². The number of carbonyl (C=O) groups excluding carboxylic acids is 3. The standard InChI is InChI=1S/C18H24ClN3O4S/c19-13-3-1-2-10(6-13)16(11-4-5-14(23)7-11)22-17(25)12(9-27)8-15(24)21-18(20)26/h1-3,6,11-12,14,16,23,27H,4-5,7-9H2,(H,22,25)(H3,20,21,24,26). The maximum Gasteiger partial charge on any atom is 0.318 e. The molecule has 1 aliphatic carbocycles. The number of aliphatic hydroxyl groups excluding tert-OH is 1. The van der Waals surface area contributed by atoms with Crippen LogP contribution in [0.1, 0.15) is 37.3 Å². The minimum absolute atomic E-state index is 0.0578. The molecule has 4 unspecified atom stereocenters. The zero-order valence-electron chi connectivity index (χ0n) is 14.7. The molecule has 1 aromatic rings. The molecule has 2 rings (SSSR count). The van der Waals surface area contributed by atoms with Gasteiger partial charge in [0.2, 0.25) is 11.8 Å². The van der Waals surface area contributed by atoms with Gasteiger partial charge in [0.1, 0.15) is 0 Å². The molecule has 148 valence electrons. The van der Waals surface area contributed by atoms with E-state index < -0.39 is 24.0 Å². The molecule has 0 saturated heterocycles. The van der Waals surface area contributed by atoms with Gasteiger partial charge < -0.3 is 16.2 Å². The molecule has 4 atom stereocenters. The number of amides is 4. The Balaban J connectivity index is 2.14. The number of hydrogen-bond donors (Lipinski definition) is 5. The van der Waals surface area contributed by atoms with E-state index >= 15 is 0 Å². The van der Waals surface area contributed by atoms with Crippen LogP contribution in [0.2, 0.25) is 5.02 Å². The largest absolute Gasteiger partial charge is 0.393 e. The van der Waals surface area contributed by atoms with Gasteiger partial charge in [-0.25, -0.2) is 4.79 Å². The summed E-state index contributed by atoms with van der Waals surface area (Å²) in [4.78, 5) is 35.3. The van der Waals surface area contributed by atoms with E-state index in [9.17, 15) is 19.5 Å². The van der Waals surface area contributed by atoms with Gasteiger partial charge in [-0.05, 0) is 42.9 Å². The van der Waals surface area contributed by atoms with Gasteiger partial charge in [0.15, 0.2) is 0 Å². The zero-order chi connectivity index (χ0) is 20.0. The number of thiol groups is 1. The maximum absolute atomic E-state index is 12.8. The molecule has 0 spiro atoms. The number of urea groups is 1. The van der Waals surface area contributed by atoms with E-state index in [1.165, 1.54) is 0 Å². The van der Waals surface area contributed by atoms with Crippen LogP contribution in [0.3, 0.4) is 0 Å². The van der Waals surface area contributed by atoms with Crippen LogP contribution in [0.15, 0.2) is 24.3 Å². The summed E-state index contributed by atoms with van der Waals surface area (Å²) in [5.74, 6) is -1.51. The number of nitrogens with one attached hydrogen (secondary N) is 2. The lowest BCUT2D eigenvalue weighted by Gasteiger charge is -2.27. The van der Waals surface area contributed by atoms with Gasteiger partial charge in [-0.3, -0.25) is 14.9 Å². The van der Waals surface area contributed by atoms with Crippen molar-refractivity contribution in [3.63, 3.8) is 0 Å². The number of primary amides is 1. The summed E-state index contributed by atoms with van der Waals surface area (Å²) in [6.45, 7) is 0. The number of aliphatic hydroxyl groups is 1. The predicted octanol–water partition coefficient (Wildman–Crippen LogP) is 1.79. The number of nitrogens with two attached hydrogens (primary N) is 1. The van der Waals surface area contributed by atoms with E-state index in [1.54, 1.807) is 18.2 Å². The van der Waals surface area contributed by atoms with Crippen molar-refractivity contribution < 1.29 is 19.5 Å². The minimum atomic E-state index is -0.963. The first kappa shape index (κ1) is 21.5. The van der Waals surface area contributed by atoms with E-state index in [1.807, 2.05) is 11.4 Å². The van der Waals surface area contributed by atoms with Crippen LogP contribution in [0.4, 0.5) is 4.79 Å². The van der Waals surface area contributed by atoms with Gasteiger partial charge >= 0.3 is 6.03 Å². The number of imide groups is 1. The highest BCUT2D eigenvalue weighted by Crippen LogP contribution is 2.37. The van der Waals surface area contributed by atoms with Gasteiger partial charge in [-0.2, -0.15) is 12.6 Å². The third-order valence-electron chi connectivity index (χ3n) is 4.71. The van der Waals surface area contributed by atoms with E-state index in [0.717, 1.165) is 12.0 Å². The molecule has 1 aliphatic rings. The Labute approximate surface area is 168 Å². The Hall–Kier alpha value is -1.77. The van der Waals surface area contributed by atoms with Crippen molar-refractivity contribution in [2.75, 3.05) is 5.75 Å². The first-order valence-electron chi connectivity index (χ1n) is 8.74. The number of benzene rings is 1. The second kappa shape index (κ2) is 9.96. The highest BCUT2D eigenvalue weighted by Gasteiger charge is 2.33. The Morgan fingerprint density at radius 3 is 2.63 bits per heavy atom. The highest BCUT2D eigenvalue weighted by atomic mass is 35.5. The lowest BCUT2D eigenvalue weighted by molar-refractivity contribution is -0.130. The summed E-state index contributed by atoms with van der Waals surface area (Å²) in [6.07, 6.45) is 1.43. The fourth-order valence-corrected chi connectivity index (χ4v) is 3.88. The van der Waals surface area contributed by atoms with Crippen molar-refractivity contribution in [2.24, 2.45) is 17.6 Å². The van der Waals surface area contributed by atoms with E-state index in [2.05, 4.69) is 17.9 Å². The maximum atomic E-state index is 12.8. The van der Waals surface area contributed by atoms with Gasteiger partial charge in [-0.1, -0.05) is 23.7 Å². The van der Waals surface area contributed by atoms with Crippen molar-refractivity contribution in [1.82, 2.24) is 10.6 Å². The molecule has 0 bridgehead atoms. The van der Waals surface area contributed by atoms with Crippen LogP contribution in [-0.4, -0.2) is 34.8 Å². The quantitative estimate of drug-likeness (QED) is 0.437. The topological polar surface area (TPSA) is 122 Å². The predicted molar refractivity (Wildman–Crippen MR) is 105 cm³/mol. The molecular formula is C18H24ClN3O4S. The van der Waals surface area contributed by atoms with Gasteiger partial charge in [0, 0.05) is 17.2 Å². The van der Waals surface area contributed by atoms with Crippen molar-refractivity contribution in [3.8, 4) is 0 Å². The van der Waals surface area contributed by atoms with Crippen molar-refractivity contribution in [1.29, 1.82) is 0 Å². The number of halogens is 1. The fraction of sp³-hybridized carbons (Fsp3) is 0.500. The van der Waals surface area contributed by atoms with E-state index in [0.29, 0.717) is 17.9 Å². The first-order chi connectivity index (χ1) is 12.8. The van der Waals surface area contributed by atoms with Crippen LogP contribution in [0, 0.1) is 11.8 Å². The van der Waals surface area contributed by atoms with Crippen molar-refractivity contribution in [2.45, 2.75) is 37.8 Å². The second-order valence-corrected chi connectivity index (χ2v) is 7.57. The monoisotopic (exact) mass is 413 g/mol. The van der Waals surface area contributed by atoms with E-state index in [-0.39, 0.29) is 30.0 Å². The SMILES string of the molecule is NC(=O)NC(=O)CC(CS)C(=O)NC(c1cccc(Cl)c1)C1CCC(O)C1. The summed E-state index contributed by atoms with van der Waals surface area (Å²) in [6, 6.07) is 5.91. The second-order valence-electron chi connectivity index (χ2n) is 6.76. The molecule has 7 nitrogen and oxygen atoms in total. The Bertz CT molecular complexity index is 703. The number of hydrogen-bond acceptors (Lipinski definition) is 5. The lowest BCUT2D eigenvalue weighted by Crippen LogP contribution is -2.41. The Kier molecular flexibility index (Phi) is 7.94. The molecule has 1 fully saturated rings. The molecule has 9 heteroatoms. The van der Waals surface area contributed by atoms with Gasteiger partial charge in [0.05, 0.1) is 18.1 Å². The van der Waals surface area contributed by atoms with Crippen molar-refractivity contribution >= 4 is 42.1 Å². The summed E-state index contributed by atoms with van der Waals surface area (Å²) in [5.41, 5.74) is 5.77. The molecule has 27 heavy (non-hydrogen) atoms. The molecule has 1 aromatic carbocycles. The molecule has 0 radical (unpaired) electrons. The van der Waals surface area contributed by atoms with Gasteiger partial charge in [-0.15, -0.1) is 0 Å². The van der Waals surface area contributed by atoms with Gasteiger partial charge in [0.25, 0.3) is 0 Å². The lowest BCUT2D eigenvalue weighted by atomic mass is 9.90. The van der Waals surface area contributed by atoms with Crippen LogP contribution < -0.4 is 16.4 Å². The normalized spacial score (nSPS) is 21.3. The number of rotatable bonds is 7.